The number of benzene rings is 3. The zero-order valence-corrected chi connectivity index (χ0v) is 26.2. The van der Waals surface area contributed by atoms with Gasteiger partial charge in [0.15, 0.2) is 0 Å². The predicted molar refractivity (Wildman–Crippen MR) is 166 cm³/mol. The summed E-state index contributed by atoms with van der Waals surface area (Å²) in [7, 11) is -4.25. The van der Waals surface area contributed by atoms with Gasteiger partial charge in [-0.25, -0.2) is 8.42 Å². The number of nitrogens with zero attached hydrogens (tertiary/aromatic N) is 2. The Labute approximate surface area is 253 Å². The second kappa shape index (κ2) is 14.7. The summed E-state index contributed by atoms with van der Waals surface area (Å²) in [6.45, 7) is 7.69. The van der Waals surface area contributed by atoms with E-state index in [0.29, 0.717) is 13.0 Å². The van der Waals surface area contributed by atoms with Crippen molar-refractivity contribution < 1.29 is 18.0 Å². The van der Waals surface area contributed by atoms with Crippen molar-refractivity contribution in [3.8, 4) is 0 Å². The molecule has 0 aromatic heterocycles. The van der Waals surface area contributed by atoms with Gasteiger partial charge in [0.05, 0.1) is 15.6 Å². The Morgan fingerprint density at radius 1 is 0.927 bits per heavy atom. The van der Waals surface area contributed by atoms with E-state index in [4.69, 9.17) is 23.2 Å². The van der Waals surface area contributed by atoms with Crippen LogP contribution in [0.25, 0.3) is 0 Å². The molecule has 41 heavy (non-hydrogen) atoms. The molecule has 0 heterocycles. The molecule has 0 saturated heterocycles. The lowest BCUT2D eigenvalue weighted by Crippen LogP contribution is -2.52. The number of sulfonamides is 1. The molecule has 3 aromatic rings. The molecule has 1 N–H and O–H groups in total. The van der Waals surface area contributed by atoms with Crippen molar-refractivity contribution in [3.05, 3.63) is 93.5 Å². The third-order valence-electron chi connectivity index (χ3n) is 6.72. The Morgan fingerprint density at radius 2 is 1.63 bits per heavy atom. The van der Waals surface area contributed by atoms with Gasteiger partial charge in [0, 0.05) is 18.1 Å². The first-order valence-corrected chi connectivity index (χ1v) is 15.8. The van der Waals surface area contributed by atoms with Crippen LogP contribution in [-0.2, 0) is 26.2 Å². The number of amides is 2. The fourth-order valence-corrected chi connectivity index (χ4v) is 6.32. The van der Waals surface area contributed by atoms with Crippen molar-refractivity contribution >= 4 is 50.7 Å². The highest BCUT2D eigenvalue weighted by atomic mass is 35.5. The third kappa shape index (κ3) is 8.47. The Hall–Kier alpha value is -3.07. The smallest absolute Gasteiger partial charge is 0.264 e. The van der Waals surface area contributed by atoms with Crippen molar-refractivity contribution in [1.82, 2.24) is 10.2 Å². The first-order valence-electron chi connectivity index (χ1n) is 13.6. The first kappa shape index (κ1) is 32.4. The molecule has 0 aliphatic heterocycles. The minimum Gasteiger partial charge on any atom is -0.354 e. The lowest BCUT2D eigenvalue weighted by molar-refractivity contribution is -0.140. The zero-order chi connectivity index (χ0) is 30.2. The number of nitrogens with one attached hydrogen (secondary N) is 1. The molecule has 0 fully saturated rings. The van der Waals surface area contributed by atoms with Gasteiger partial charge in [0.25, 0.3) is 10.0 Å². The number of hydrogen-bond acceptors (Lipinski definition) is 4. The Balaban J connectivity index is 2.08. The third-order valence-corrected chi connectivity index (χ3v) is 9.04. The molecule has 10 heteroatoms. The van der Waals surface area contributed by atoms with E-state index in [1.807, 2.05) is 52.0 Å². The molecule has 0 saturated carbocycles. The first-order chi connectivity index (χ1) is 19.5. The van der Waals surface area contributed by atoms with Gasteiger partial charge in [0.2, 0.25) is 11.8 Å². The number of unbranched alkanes of at least 4 members (excludes halogenated alkanes) is 1. The molecule has 0 bridgehead atoms. The number of aryl methyl sites for hydroxylation is 2. The van der Waals surface area contributed by atoms with Gasteiger partial charge in [-0.1, -0.05) is 91.0 Å². The molecule has 220 valence electrons. The minimum atomic E-state index is -4.25. The van der Waals surface area contributed by atoms with Crippen LogP contribution in [-0.4, -0.2) is 44.3 Å². The van der Waals surface area contributed by atoms with Gasteiger partial charge >= 0.3 is 0 Å². The average molecular weight is 619 g/mol. The lowest BCUT2D eigenvalue weighted by atomic mass is 10.1. The molecule has 0 aliphatic rings. The maximum Gasteiger partial charge on any atom is 0.264 e. The van der Waals surface area contributed by atoms with Crippen molar-refractivity contribution in [3.63, 3.8) is 0 Å². The van der Waals surface area contributed by atoms with E-state index in [9.17, 15) is 18.0 Å². The molecular weight excluding hydrogens is 581 g/mol. The van der Waals surface area contributed by atoms with Crippen molar-refractivity contribution in [2.45, 2.75) is 64.4 Å². The number of carbonyl (C=O) groups excluding carboxylic acids is 2. The summed E-state index contributed by atoms with van der Waals surface area (Å²) < 4.78 is 29.0. The Morgan fingerprint density at radius 3 is 2.27 bits per heavy atom. The lowest BCUT2D eigenvalue weighted by Gasteiger charge is -2.33. The van der Waals surface area contributed by atoms with Crippen LogP contribution >= 0.6 is 23.2 Å². The number of anilines is 1. The normalized spacial score (nSPS) is 12.0. The summed E-state index contributed by atoms with van der Waals surface area (Å²) in [5.41, 5.74) is 2.79. The number of hydrogen-bond donors (Lipinski definition) is 1. The Kier molecular flexibility index (Phi) is 11.6. The molecule has 1 atom stereocenters. The maximum atomic E-state index is 14.1. The van der Waals surface area contributed by atoms with Crippen LogP contribution < -0.4 is 9.62 Å². The molecule has 0 aliphatic carbocycles. The number of rotatable bonds is 13. The minimum absolute atomic E-state index is 0.00141. The SMILES string of the molecule is CCCCNC(=O)[C@@H](CC)N(Cc1cccc(C)c1)C(=O)CN(c1cc(Cl)ccc1Cl)S(=O)(=O)c1ccc(C)cc1. The molecular formula is C31H37Cl2N3O4S. The van der Waals surface area contributed by atoms with Gasteiger partial charge in [0.1, 0.15) is 12.6 Å². The summed E-state index contributed by atoms with van der Waals surface area (Å²) in [4.78, 5) is 28.9. The maximum absolute atomic E-state index is 14.1. The highest BCUT2D eigenvalue weighted by molar-refractivity contribution is 7.92. The van der Waals surface area contributed by atoms with Crippen LogP contribution in [0, 0.1) is 13.8 Å². The van der Waals surface area contributed by atoms with Crippen molar-refractivity contribution in [1.29, 1.82) is 0 Å². The quantitative estimate of drug-likeness (QED) is 0.221. The molecule has 7 nitrogen and oxygen atoms in total. The topological polar surface area (TPSA) is 86.8 Å². The van der Waals surface area contributed by atoms with Crippen molar-refractivity contribution in [2.75, 3.05) is 17.4 Å². The summed E-state index contributed by atoms with van der Waals surface area (Å²) >= 11 is 12.7. The van der Waals surface area contributed by atoms with E-state index in [1.54, 1.807) is 18.2 Å². The molecule has 0 radical (unpaired) electrons. The van der Waals surface area contributed by atoms with Gasteiger partial charge in [-0.15, -0.1) is 0 Å². The molecule has 2 amide bonds. The molecule has 0 spiro atoms. The predicted octanol–water partition coefficient (Wildman–Crippen LogP) is 6.53. The van der Waals surface area contributed by atoms with E-state index < -0.39 is 28.5 Å². The molecule has 3 aromatic carbocycles. The van der Waals surface area contributed by atoms with Crippen LogP contribution in [0.5, 0.6) is 0 Å². The van der Waals surface area contributed by atoms with Crippen LogP contribution in [0.4, 0.5) is 5.69 Å². The average Bonchev–Trinajstić information content (AvgIpc) is 2.93. The second-order valence-electron chi connectivity index (χ2n) is 10.00. The second-order valence-corrected chi connectivity index (χ2v) is 12.7. The highest BCUT2D eigenvalue weighted by Crippen LogP contribution is 2.33. The number of halogens is 2. The largest absolute Gasteiger partial charge is 0.354 e. The van der Waals surface area contributed by atoms with E-state index in [2.05, 4.69) is 5.32 Å². The van der Waals surface area contributed by atoms with E-state index in [1.165, 1.54) is 29.2 Å². The fraction of sp³-hybridized carbons (Fsp3) is 0.355. The fourth-order valence-electron chi connectivity index (χ4n) is 4.46. The van der Waals surface area contributed by atoms with Gasteiger partial charge in [-0.3, -0.25) is 13.9 Å². The summed E-state index contributed by atoms with van der Waals surface area (Å²) in [6, 6.07) is 17.6. The van der Waals surface area contributed by atoms with E-state index >= 15 is 0 Å². The van der Waals surface area contributed by atoms with Crippen LogP contribution in [0.2, 0.25) is 10.0 Å². The zero-order valence-electron chi connectivity index (χ0n) is 23.9. The summed E-state index contributed by atoms with van der Waals surface area (Å²) in [5, 5.41) is 3.31. The monoisotopic (exact) mass is 617 g/mol. The van der Waals surface area contributed by atoms with Gasteiger partial charge in [-0.2, -0.15) is 0 Å². The van der Waals surface area contributed by atoms with Gasteiger partial charge in [-0.05, 0) is 62.6 Å². The van der Waals surface area contributed by atoms with Crippen LogP contribution in [0.15, 0.2) is 71.6 Å². The van der Waals surface area contributed by atoms with E-state index in [0.717, 1.165) is 33.8 Å². The van der Waals surface area contributed by atoms with Crippen molar-refractivity contribution in [2.24, 2.45) is 0 Å². The van der Waals surface area contributed by atoms with Crippen LogP contribution in [0.3, 0.4) is 0 Å². The molecule has 3 rings (SSSR count). The summed E-state index contributed by atoms with van der Waals surface area (Å²) in [6.07, 6.45) is 2.07. The number of carbonyl (C=O) groups is 2. The van der Waals surface area contributed by atoms with Gasteiger partial charge < -0.3 is 10.2 Å². The Bertz CT molecular complexity index is 1460. The van der Waals surface area contributed by atoms with Crippen LogP contribution in [0.1, 0.15) is 49.8 Å². The molecule has 0 unspecified atom stereocenters. The van der Waals surface area contributed by atoms with E-state index in [-0.39, 0.29) is 33.1 Å². The standard InChI is InChI=1S/C31H37Cl2N3O4S/c1-5-7-17-34-31(38)28(6-2)35(20-24-10-8-9-23(4)18-24)30(37)21-36(29-19-25(32)13-16-27(29)33)41(39,40)26-14-11-22(3)12-15-26/h8-16,18-19,28H,5-7,17,20-21H2,1-4H3,(H,34,38)/t28-/m1/s1. The highest BCUT2D eigenvalue weighted by Gasteiger charge is 2.34. The summed E-state index contributed by atoms with van der Waals surface area (Å²) in [5.74, 6) is -0.827.